The molecule has 104 valence electrons. The first-order valence-corrected chi connectivity index (χ1v) is 6.71. The minimum Gasteiger partial charge on any atom is -0.481 e. The molecule has 1 unspecified atom stereocenters. The van der Waals surface area contributed by atoms with E-state index in [2.05, 4.69) is 5.92 Å². The van der Waals surface area contributed by atoms with Crippen molar-refractivity contribution in [3.63, 3.8) is 0 Å². The molecule has 0 bridgehead atoms. The number of piperidine rings is 1. The molecule has 1 aromatic carbocycles. The number of terminal acetylenes is 1. The molecule has 1 saturated heterocycles. The Balaban J connectivity index is 2.16. The summed E-state index contributed by atoms with van der Waals surface area (Å²) in [4.78, 5) is 25.1. The third-order valence-electron chi connectivity index (χ3n) is 3.60. The van der Waals surface area contributed by atoms with Gasteiger partial charge in [-0.2, -0.15) is 0 Å². The van der Waals surface area contributed by atoms with Gasteiger partial charge in [0.2, 0.25) is 0 Å². The molecule has 1 fully saturated rings. The van der Waals surface area contributed by atoms with Crippen LogP contribution in [-0.4, -0.2) is 34.5 Å². The molecule has 20 heavy (non-hydrogen) atoms. The number of rotatable bonds is 3. The lowest BCUT2D eigenvalue weighted by atomic mass is 9.98. The maximum atomic E-state index is 12.5. The van der Waals surface area contributed by atoms with Gasteiger partial charge in [-0.15, -0.1) is 6.42 Å². The molecular formula is C16H17NO3. The number of amides is 1. The molecule has 4 nitrogen and oxygen atoms in total. The second-order valence-electron chi connectivity index (χ2n) is 4.97. The van der Waals surface area contributed by atoms with Gasteiger partial charge in [-0.1, -0.05) is 5.92 Å². The van der Waals surface area contributed by atoms with Gasteiger partial charge < -0.3 is 10.0 Å². The average Bonchev–Trinajstić information content (AvgIpc) is 2.46. The number of benzene rings is 1. The highest BCUT2D eigenvalue weighted by Crippen LogP contribution is 2.22. The summed E-state index contributed by atoms with van der Waals surface area (Å²) in [5, 5.41) is 8.94. The summed E-state index contributed by atoms with van der Waals surface area (Å²) in [6, 6.07) is 6.64. The molecule has 0 saturated carbocycles. The fourth-order valence-corrected chi connectivity index (χ4v) is 2.56. The fourth-order valence-electron chi connectivity index (χ4n) is 2.56. The van der Waals surface area contributed by atoms with Crippen LogP contribution < -0.4 is 0 Å². The molecule has 0 radical (unpaired) electrons. The summed E-state index contributed by atoms with van der Waals surface area (Å²) in [7, 11) is 0. The lowest BCUT2D eigenvalue weighted by Gasteiger charge is -2.35. The molecule has 2 rings (SSSR count). The van der Waals surface area contributed by atoms with Crippen LogP contribution in [0.15, 0.2) is 24.3 Å². The number of hydrogen-bond acceptors (Lipinski definition) is 2. The van der Waals surface area contributed by atoms with E-state index in [9.17, 15) is 9.59 Å². The Morgan fingerprint density at radius 3 is 2.60 bits per heavy atom. The minimum absolute atomic E-state index is 0.00811. The molecule has 1 aromatic rings. The van der Waals surface area contributed by atoms with E-state index in [4.69, 9.17) is 11.5 Å². The van der Waals surface area contributed by atoms with Crippen molar-refractivity contribution in [3.05, 3.63) is 35.4 Å². The zero-order chi connectivity index (χ0) is 14.5. The number of aliphatic carboxylic acids is 1. The number of carboxylic acids is 1. The van der Waals surface area contributed by atoms with Gasteiger partial charge in [0, 0.05) is 23.7 Å². The topological polar surface area (TPSA) is 57.6 Å². The van der Waals surface area contributed by atoms with Gasteiger partial charge in [0.25, 0.3) is 5.91 Å². The van der Waals surface area contributed by atoms with Crippen LogP contribution in [0, 0.1) is 12.3 Å². The van der Waals surface area contributed by atoms with E-state index in [1.165, 1.54) is 0 Å². The number of nitrogens with zero attached hydrogens (tertiary/aromatic N) is 1. The molecule has 0 spiro atoms. The third kappa shape index (κ3) is 3.18. The van der Waals surface area contributed by atoms with Gasteiger partial charge in [-0.3, -0.25) is 9.59 Å². The summed E-state index contributed by atoms with van der Waals surface area (Å²) >= 11 is 0. The quantitative estimate of drug-likeness (QED) is 0.857. The van der Waals surface area contributed by atoms with E-state index in [1.807, 2.05) is 0 Å². The van der Waals surface area contributed by atoms with Gasteiger partial charge >= 0.3 is 5.97 Å². The zero-order valence-electron chi connectivity index (χ0n) is 11.2. The van der Waals surface area contributed by atoms with Crippen molar-refractivity contribution < 1.29 is 14.7 Å². The Hall–Kier alpha value is -2.28. The van der Waals surface area contributed by atoms with Crippen molar-refractivity contribution in [1.82, 2.24) is 4.90 Å². The van der Waals surface area contributed by atoms with Crippen molar-refractivity contribution in [2.45, 2.75) is 31.7 Å². The standard InChI is InChI=1S/C16H17NO3/c1-2-12-6-8-13(9-7-12)16(20)17-10-4-3-5-14(17)11-15(18)19/h1,6-9,14H,3-5,10-11H2,(H,18,19). The first-order valence-electron chi connectivity index (χ1n) is 6.71. The number of hydrogen-bond donors (Lipinski definition) is 1. The van der Waals surface area contributed by atoms with E-state index in [0.717, 1.165) is 24.8 Å². The molecule has 0 aliphatic carbocycles. The minimum atomic E-state index is -0.864. The van der Waals surface area contributed by atoms with Gasteiger partial charge in [0.05, 0.1) is 6.42 Å². The smallest absolute Gasteiger partial charge is 0.305 e. The molecule has 0 aromatic heterocycles. The first-order chi connectivity index (χ1) is 9.61. The molecule has 1 amide bonds. The van der Waals surface area contributed by atoms with E-state index in [-0.39, 0.29) is 18.4 Å². The van der Waals surface area contributed by atoms with Gasteiger partial charge in [0.15, 0.2) is 0 Å². The van der Waals surface area contributed by atoms with Gasteiger partial charge in [0.1, 0.15) is 0 Å². The Kier molecular flexibility index (Phi) is 4.41. The largest absolute Gasteiger partial charge is 0.481 e. The van der Waals surface area contributed by atoms with Crippen LogP contribution in [0.25, 0.3) is 0 Å². The molecule has 1 N–H and O–H groups in total. The summed E-state index contributed by atoms with van der Waals surface area (Å²) in [6.45, 7) is 0.619. The lowest BCUT2D eigenvalue weighted by Crippen LogP contribution is -2.44. The molecule has 1 atom stereocenters. The average molecular weight is 271 g/mol. The van der Waals surface area contributed by atoms with Gasteiger partial charge in [-0.25, -0.2) is 0 Å². The predicted octanol–water partition coefficient (Wildman–Crippen LogP) is 2.14. The highest BCUT2D eigenvalue weighted by Gasteiger charge is 2.28. The Labute approximate surface area is 118 Å². The fraction of sp³-hybridized carbons (Fsp3) is 0.375. The van der Waals surface area contributed by atoms with Crippen molar-refractivity contribution in [2.24, 2.45) is 0 Å². The summed E-state index contributed by atoms with van der Waals surface area (Å²) in [5.74, 6) is 1.53. The Morgan fingerprint density at radius 2 is 2.00 bits per heavy atom. The van der Waals surface area contributed by atoms with Crippen LogP contribution in [0.3, 0.4) is 0 Å². The summed E-state index contributed by atoms with van der Waals surface area (Å²) in [6.07, 6.45) is 7.93. The van der Waals surface area contributed by atoms with Gasteiger partial charge in [-0.05, 0) is 43.5 Å². The van der Waals surface area contributed by atoms with Crippen LogP contribution in [0.2, 0.25) is 0 Å². The highest BCUT2D eigenvalue weighted by molar-refractivity contribution is 5.94. The monoisotopic (exact) mass is 271 g/mol. The summed E-state index contributed by atoms with van der Waals surface area (Å²) in [5.41, 5.74) is 1.28. The van der Waals surface area contributed by atoms with E-state index in [1.54, 1.807) is 29.2 Å². The summed E-state index contributed by atoms with van der Waals surface area (Å²) < 4.78 is 0. The first kappa shape index (κ1) is 14.1. The van der Waals surface area contributed by atoms with Crippen molar-refractivity contribution in [2.75, 3.05) is 6.54 Å². The highest BCUT2D eigenvalue weighted by atomic mass is 16.4. The maximum Gasteiger partial charge on any atom is 0.305 e. The second-order valence-corrected chi connectivity index (χ2v) is 4.97. The molecular weight excluding hydrogens is 254 g/mol. The van der Waals surface area contributed by atoms with Crippen LogP contribution >= 0.6 is 0 Å². The molecule has 4 heteroatoms. The maximum absolute atomic E-state index is 12.5. The SMILES string of the molecule is C#Cc1ccc(C(=O)N2CCCCC2CC(=O)O)cc1. The van der Waals surface area contributed by atoms with Crippen LogP contribution in [0.5, 0.6) is 0 Å². The van der Waals surface area contributed by atoms with Crippen molar-refractivity contribution in [1.29, 1.82) is 0 Å². The predicted molar refractivity (Wildman–Crippen MR) is 75.3 cm³/mol. The lowest BCUT2D eigenvalue weighted by molar-refractivity contribution is -0.138. The molecule has 1 aliphatic heterocycles. The number of carbonyl (C=O) groups is 2. The molecule has 1 heterocycles. The van der Waals surface area contributed by atoms with Crippen LogP contribution in [-0.2, 0) is 4.79 Å². The van der Waals surface area contributed by atoms with Crippen molar-refractivity contribution in [3.8, 4) is 12.3 Å². The Bertz CT molecular complexity index is 542. The zero-order valence-corrected chi connectivity index (χ0v) is 11.2. The number of carbonyl (C=O) groups excluding carboxylic acids is 1. The van der Waals surface area contributed by atoms with Crippen LogP contribution in [0.4, 0.5) is 0 Å². The number of carboxylic acid groups (broad SMARTS) is 1. The molecule has 1 aliphatic rings. The normalized spacial score (nSPS) is 18.4. The van der Waals surface area contributed by atoms with E-state index in [0.29, 0.717) is 12.1 Å². The second kappa shape index (κ2) is 6.25. The van der Waals surface area contributed by atoms with E-state index < -0.39 is 5.97 Å². The van der Waals surface area contributed by atoms with Crippen LogP contribution in [0.1, 0.15) is 41.6 Å². The van der Waals surface area contributed by atoms with Crippen molar-refractivity contribution >= 4 is 11.9 Å². The Morgan fingerprint density at radius 1 is 1.30 bits per heavy atom. The third-order valence-corrected chi connectivity index (χ3v) is 3.60. The number of likely N-dealkylation sites (tertiary alicyclic amines) is 1. The van der Waals surface area contributed by atoms with E-state index >= 15 is 0 Å².